The van der Waals surface area contributed by atoms with Crippen molar-refractivity contribution in [2.24, 2.45) is 5.92 Å². The molecule has 1 atom stereocenters. The fourth-order valence-corrected chi connectivity index (χ4v) is 3.84. The highest BCUT2D eigenvalue weighted by Gasteiger charge is 2.29. The van der Waals surface area contributed by atoms with Gasteiger partial charge in [0.05, 0.1) is 10.8 Å². The fourth-order valence-electron chi connectivity index (χ4n) is 2.68. The summed E-state index contributed by atoms with van der Waals surface area (Å²) < 4.78 is 26.6. The number of nitrogens with zero attached hydrogens (tertiary/aromatic N) is 1. The Bertz CT molecular complexity index is 662. The molecule has 1 aliphatic heterocycles. The molecule has 0 saturated carbocycles. The van der Waals surface area contributed by atoms with E-state index in [0.29, 0.717) is 11.1 Å². The molecule has 1 saturated heterocycles. The minimum atomic E-state index is -3.58. The average Bonchev–Trinajstić information content (AvgIpc) is 3.02. The number of amides is 1. The van der Waals surface area contributed by atoms with Crippen LogP contribution in [0.4, 0.5) is 0 Å². The molecule has 1 amide bonds. The Kier molecular flexibility index (Phi) is 6.62. The van der Waals surface area contributed by atoms with E-state index in [0.717, 1.165) is 19.5 Å². The summed E-state index contributed by atoms with van der Waals surface area (Å²) in [6.45, 7) is 6.34. The van der Waals surface area contributed by atoms with Crippen molar-refractivity contribution >= 4 is 27.5 Å². The molecule has 0 radical (unpaired) electrons. The molecule has 0 unspecified atom stereocenters. The molecule has 2 rings (SSSR count). The number of hydrogen-bond donors (Lipinski definition) is 2. The van der Waals surface area contributed by atoms with Crippen molar-refractivity contribution in [3.63, 3.8) is 0 Å². The average molecular weight is 374 g/mol. The highest BCUT2D eigenvalue weighted by molar-refractivity contribution is 7.89. The van der Waals surface area contributed by atoms with Crippen LogP contribution in [0.2, 0.25) is 5.02 Å². The van der Waals surface area contributed by atoms with Crippen LogP contribution < -0.4 is 10.0 Å². The summed E-state index contributed by atoms with van der Waals surface area (Å²) in [6.07, 6.45) is 0.848. The van der Waals surface area contributed by atoms with Crippen molar-refractivity contribution in [3.8, 4) is 0 Å². The third-order valence-corrected chi connectivity index (χ3v) is 5.89. The number of sulfonamides is 1. The van der Waals surface area contributed by atoms with Crippen LogP contribution in [0.25, 0.3) is 0 Å². The zero-order valence-electron chi connectivity index (χ0n) is 14.0. The Morgan fingerprint density at radius 3 is 2.54 bits per heavy atom. The first-order valence-electron chi connectivity index (χ1n) is 8.06. The van der Waals surface area contributed by atoms with Crippen LogP contribution >= 0.6 is 11.6 Å². The van der Waals surface area contributed by atoms with Gasteiger partial charge in [-0.15, -0.1) is 0 Å². The summed E-state index contributed by atoms with van der Waals surface area (Å²) in [5.74, 6) is -0.0240. The topological polar surface area (TPSA) is 78.5 Å². The van der Waals surface area contributed by atoms with Gasteiger partial charge in [0.25, 0.3) is 0 Å². The van der Waals surface area contributed by atoms with E-state index in [9.17, 15) is 13.2 Å². The highest BCUT2D eigenvalue weighted by atomic mass is 35.5. The predicted molar refractivity (Wildman–Crippen MR) is 94.5 cm³/mol. The van der Waals surface area contributed by atoms with Crippen LogP contribution in [0.3, 0.4) is 0 Å². The molecule has 134 valence electrons. The second-order valence-electron chi connectivity index (χ2n) is 6.22. The molecule has 0 spiro atoms. The summed E-state index contributed by atoms with van der Waals surface area (Å²) in [6, 6.07) is 6.38. The molecule has 0 bridgehead atoms. The SMILES string of the molecule is CC(C)N1CC[C@@H](C(=O)NCCNS(=O)(=O)c2ccc(Cl)cc2)C1. The molecule has 1 heterocycles. The van der Waals surface area contributed by atoms with Crippen molar-refractivity contribution in [2.45, 2.75) is 31.2 Å². The smallest absolute Gasteiger partial charge is 0.240 e. The van der Waals surface area contributed by atoms with Gasteiger partial charge in [-0.3, -0.25) is 4.79 Å². The number of likely N-dealkylation sites (tertiary alicyclic amines) is 1. The standard InChI is InChI=1S/C16H24ClN3O3S/c1-12(2)20-10-7-13(11-20)16(21)18-8-9-19-24(22,23)15-5-3-14(17)4-6-15/h3-6,12-13,19H,7-11H2,1-2H3,(H,18,21)/t13-/m1/s1. The van der Waals surface area contributed by atoms with E-state index in [1.165, 1.54) is 24.3 Å². The summed E-state index contributed by atoms with van der Waals surface area (Å²) in [5, 5.41) is 3.28. The lowest BCUT2D eigenvalue weighted by molar-refractivity contribution is -0.124. The summed E-state index contributed by atoms with van der Waals surface area (Å²) in [4.78, 5) is 14.5. The van der Waals surface area contributed by atoms with Crippen molar-refractivity contribution < 1.29 is 13.2 Å². The zero-order valence-corrected chi connectivity index (χ0v) is 15.5. The first-order chi connectivity index (χ1) is 11.3. The van der Waals surface area contributed by atoms with Gasteiger partial charge in [-0.25, -0.2) is 13.1 Å². The maximum atomic E-state index is 12.1. The van der Waals surface area contributed by atoms with E-state index in [1.807, 2.05) is 0 Å². The van der Waals surface area contributed by atoms with E-state index in [2.05, 4.69) is 28.8 Å². The highest BCUT2D eigenvalue weighted by Crippen LogP contribution is 2.18. The molecule has 0 aromatic heterocycles. The van der Waals surface area contributed by atoms with Crippen molar-refractivity contribution in [3.05, 3.63) is 29.3 Å². The lowest BCUT2D eigenvalue weighted by Gasteiger charge is -2.20. The number of carbonyl (C=O) groups is 1. The number of nitrogens with one attached hydrogen (secondary N) is 2. The summed E-state index contributed by atoms with van der Waals surface area (Å²) in [5.41, 5.74) is 0. The zero-order chi connectivity index (χ0) is 17.7. The van der Waals surface area contributed by atoms with Crippen LogP contribution in [-0.4, -0.2) is 51.4 Å². The van der Waals surface area contributed by atoms with Gasteiger partial charge < -0.3 is 10.2 Å². The van der Waals surface area contributed by atoms with Crippen molar-refractivity contribution in [2.75, 3.05) is 26.2 Å². The second-order valence-corrected chi connectivity index (χ2v) is 8.42. The number of hydrogen-bond acceptors (Lipinski definition) is 4. The molecule has 1 aromatic carbocycles. The molecule has 1 fully saturated rings. The Morgan fingerprint density at radius 1 is 1.29 bits per heavy atom. The molecule has 6 nitrogen and oxygen atoms in total. The third-order valence-electron chi connectivity index (χ3n) is 4.16. The summed E-state index contributed by atoms with van der Waals surface area (Å²) in [7, 11) is -3.58. The van der Waals surface area contributed by atoms with Gasteiger partial charge in [0.2, 0.25) is 15.9 Å². The molecule has 1 aliphatic rings. The maximum Gasteiger partial charge on any atom is 0.240 e. The predicted octanol–water partition coefficient (Wildman–Crippen LogP) is 1.46. The van der Waals surface area contributed by atoms with E-state index in [1.54, 1.807) is 0 Å². The molecule has 1 aromatic rings. The second kappa shape index (κ2) is 8.29. The largest absolute Gasteiger partial charge is 0.355 e. The van der Waals surface area contributed by atoms with Gasteiger partial charge in [0, 0.05) is 30.7 Å². The molecule has 24 heavy (non-hydrogen) atoms. The number of benzene rings is 1. The van der Waals surface area contributed by atoms with Crippen LogP contribution in [0.1, 0.15) is 20.3 Å². The Labute approximate surface area is 148 Å². The van der Waals surface area contributed by atoms with E-state index < -0.39 is 10.0 Å². The Balaban J connectivity index is 1.74. The molecule has 2 N–H and O–H groups in total. The summed E-state index contributed by atoms with van der Waals surface area (Å²) >= 11 is 5.75. The maximum absolute atomic E-state index is 12.1. The van der Waals surface area contributed by atoms with Crippen LogP contribution in [-0.2, 0) is 14.8 Å². The molecular formula is C16H24ClN3O3S. The van der Waals surface area contributed by atoms with Gasteiger partial charge in [-0.1, -0.05) is 11.6 Å². The van der Waals surface area contributed by atoms with Crippen LogP contribution in [0.5, 0.6) is 0 Å². The van der Waals surface area contributed by atoms with E-state index >= 15 is 0 Å². The van der Waals surface area contributed by atoms with E-state index in [4.69, 9.17) is 11.6 Å². The molecule has 8 heteroatoms. The van der Waals surface area contributed by atoms with Crippen molar-refractivity contribution in [1.29, 1.82) is 0 Å². The van der Waals surface area contributed by atoms with E-state index in [-0.39, 0.29) is 29.8 Å². The van der Waals surface area contributed by atoms with Gasteiger partial charge in [-0.2, -0.15) is 0 Å². The van der Waals surface area contributed by atoms with Gasteiger partial charge in [0.1, 0.15) is 0 Å². The van der Waals surface area contributed by atoms with Gasteiger partial charge >= 0.3 is 0 Å². The number of carbonyl (C=O) groups excluding carboxylic acids is 1. The molecular weight excluding hydrogens is 350 g/mol. The first kappa shape index (κ1) is 19.2. The van der Waals surface area contributed by atoms with Crippen LogP contribution in [0.15, 0.2) is 29.2 Å². The quantitative estimate of drug-likeness (QED) is 0.709. The third kappa shape index (κ3) is 5.17. The number of rotatable bonds is 7. The van der Waals surface area contributed by atoms with Crippen molar-refractivity contribution in [1.82, 2.24) is 14.9 Å². The minimum absolute atomic E-state index is 0.0103. The van der Waals surface area contributed by atoms with Gasteiger partial charge in [0.15, 0.2) is 0 Å². The van der Waals surface area contributed by atoms with Crippen LogP contribution in [0, 0.1) is 5.92 Å². The minimum Gasteiger partial charge on any atom is -0.355 e. The molecule has 0 aliphatic carbocycles. The Morgan fingerprint density at radius 2 is 1.96 bits per heavy atom. The lowest BCUT2D eigenvalue weighted by atomic mass is 10.1. The normalized spacial score (nSPS) is 18.9. The lowest BCUT2D eigenvalue weighted by Crippen LogP contribution is -2.38. The van der Waals surface area contributed by atoms with Gasteiger partial charge in [-0.05, 0) is 51.1 Å². The fraction of sp³-hybridized carbons (Fsp3) is 0.562. The monoisotopic (exact) mass is 373 g/mol. The Hall–Kier alpha value is -1.15. The first-order valence-corrected chi connectivity index (χ1v) is 9.92. The number of halogens is 1.